The van der Waals surface area contributed by atoms with Gasteiger partial charge in [0, 0.05) is 12.8 Å². The molecule has 9 heteroatoms. The predicted molar refractivity (Wildman–Crippen MR) is 70.8 cm³/mol. The molecule has 108 valence electrons. The lowest BCUT2D eigenvalue weighted by Gasteiger charge is -2.03. The number of nitrogen functional groups attached to an aromatic ring is 1. The first kappa shape index (κ1) is 15.3. The molecular formula is C10H18N4O4S. The van der Waals surface area contributed by atoms with Gasteiger partial charge < -0.3 is 16.2 Å². The summed E-state index contributed by atoms with van der Waals surface area (Å²) in [5.74, 6) is -1.20. The molecule has 19 heavy (non-hydrogen) atoms. The van der Waals surface area contributed by atoms with E-state index in [0.29, 0.717) is 6.54 Å². The van der Waals surface area contributed by atoms with Gasteiger partial charge in [-0.2, -0.15) is 5.10 Å². The van der Waals surface area contributed by atoms with E-state index in [4.69, 9.17) is 10.8 Å². The highest BCUT2D eigenvalue weighted by Gasteiger charge is 2.24. The Morgan fingerprint density at radius 2 is 2.16 bits per heavy atom. The summed E-state index contributed by atoms with van der Waals surface area (Å²) in [6.07, 6.45) is 2.79. The number of rotatable bonds is 7. The van der Waals surface area contributed by atoms with Gasteiger partial charge in [-0.05, 0) is 6.42 Å². The van der Waals surface area contributed by atoms with Gasteiger partial charge in [-0.3, -0.25) is 4.79 Å². The summed E-state index contributed by atoms with van der Waals surface area (Å²) in [5, 5.41) is 15.5. The Balaban J connectivity index is 3.16. The second kappa shape index (κ2) is 5.91. The van der Waals surface area contributed by atoms with Crippen molar-refractivity contribution >= 4 is 27.4 Å². The number of sulfone groups is 1. The van der Waals surface area contributed by atoms with Crippen molar-refractivity contribution in [2.24, 2.45) is 0 Å². The van der Waals surface area contributed by atoms with E-state index in [-0.39, 0.29) is 16.5 Å². The number of nitrogens with zero attached hydrogens (tertiary/aromatic N) is 2. The van der Waals surface area contributed by atoms with Gasteiger partial charge in [-0.15, -0.1) is 0 Å². The van der Waals surface area contributed by atoms with Gasteiger partial charge in [0.05, 0.1) is 0 Å². The molecule has 0 aliphatic heterocycles. The average Bonchev–Trinajstić information content (AvgIpc) is 2.54. The van der Waals surface area contributed by atoms with Crippen LogP contribution in [0.15, 0.2) is 4.90 Å². The van der Waals surface area contributed by atoms with Crippen molar-refractivity contribution in [1.82, 2.24) is 9.78 Å². The molecule has 0 radical (unpaired) electrons. The highest BCUT2D eigenvalue weighted by molar-refractivity contribution is 7.91. The Morgan fingerprint density at radius 1 is 1.53 bits per heavy atom. The molecule has 0 aliphatic carbocycles. The van der Waals surface area contributed by atoms with Gasteiger partial charge in [0.2, 0.25) is 0 Å². The average molecular weight is 290 g/mol. The fourth-order valence-corrected chi connectivity index (χ4v) is 2.52. The van der Waals surface area contributed by atoms with Crippen molar-refractivity contribution in [2.45, 2.75) is 31.2 Å². The van der Waals surface area contributed by atoms with E-state index >= 15 is 0 Å². The quantitative estimate of drug-likeness (QED) is 0.610. The Bertz CT molecular complexity index is 564. The van der Waals surface area contributed by atoms with Gasteiger partial charge in [0.25, 0.3) is 0 Å². The van der Waals surface area contributed by atoms with Crippen LogP contribution in [-0.2, 0) is 21.2 Å². The summed E-state index contributed by atoms with van der Waals surface area (Å²) in [6, 6.07) is 0. The molecule has 0 aliphatic rings. The molecule has 0 bridgehead atoms. The molecule has 1 heterocycles. The van der Waals surface area contributed by atoms with E-state index < -0.39 is 22.4 Å². The summed E-state index contributed by atoms with van der Waals surface area (Å²) in [4.78, 5) is 10.5. The molecule has 1 rings (SSSR count). The molecule has 0 amide bonds. The first-order valence-corrected chi connectivity index (χ1v) is 7.68. The Kier molecular flexibility index (Phi) is 4.76. The fourth-order valence-electron chi connectivity index (χ4n) is 1.57. The first-order chi connectivity index (χ1) is 8.77. The maximum Gasteiger partial charge on any atom is 0.325 e. The van der Waals surface area contributed by atoms with E-state index in [1.54, 1.807) is 0 Å². The van der Waals surface area contributed by atoms with E-state index in [2.05, 4.69) is 10.4 Å². The minimum Gasteiger partial charge on any atom is -0.480 e. The number of anilines is 2. The molecule has 0 spiro atoms. The van der Waals surface area contributed by atoms with E-state index in [1.165, 1.54) is 0 Å². The predicted octanol–water partition coefficient (Wildman–Crippen LogP) is 0.165. The van der Waals surface area contributed by atoms with Gasteiger partial charge >= 0.3 is 5.97 Å². The third kappa shape index (κ3) is 3.85. The van der Waals surface area contributed by atoms with E-state index in [1.807, 2.05) is 6.92 Å². The fraction of sp³-hybridized carbons (Fsp3) is 0.600. The molecule has 4 N–H and O–H groups in total. The molecule has 0 aromatic carbocycles. The summed E-state index contributed by atoms with van der Waals surface area (Å²) in [5.41, 5.74) is 5.66. The lowest BCUT2D eigenvalue weighted by Crippen LogP contribution is -2.13. The van der Waals surface area contributed by atoms with Crippen LogP contribution in [-0.4, -0.2) is 42.1 Å². The van der Waals surface area contributed by atoms with Gasteiger partial charge in [0.15, 0.2) is 20.6 Å². The number of unbranched alkanes of at least 4 members (excludes halogenated alkanes) is 1. The standard InChI is InChI=1S/C10H18N4O4S/c1-3-4-5-12-10-8(19(2,17)18)9(11)14(13-10)6-7(15)16/h3-6,11H2,1-2H3,(H,12,13)(H,15,16). The molecule has 1 aromatic heterocycles. The SMILES string of the molecule is CCCCNc1nn(CC(=O)O)c(N)c1S(C)(=O)=O. The largest absolute Gasteiger partial charge is 0.480 e. The number of carboxylic acid groups (broad SMARTS) is 1. The van der Waals surface area contributed by atoms with Crippen LogP contribution in [0.3, 0.4) is 0 Å². The number of hydrogen-bond donors (Lipinski definition) is 3. The number of hydrogen-bond acceptors (Lipinski definition) is 6. The molecule has 0 saturated heterocycles. The summed E-state index contributed by atoms with van der Waals surface area (Å²) in [7, 11) is -3.58. The summed E-state index contributed by atoms with van der Waals surface area (Å²) >= 11 is 0. The Morgan fingerprint density at radius 3 is 2.63 bits per heavy atom. The van der Waals surface area contributed by atoms with Crippen molar-refractivity contribution < 1.29 is 18.3 Å². The van der Waals surface area contributed by atoms with Crippen LogP contribution in [0.2, 0.25) is 0 Å². The normalized spacial score (nSPS) is 11.5. The number of carboxylic acids is 1. The second-order valence-electron chi connectivity index (χ2n) is 4.17. The van der Waals surface area contributed by atoms with Crippen LogP contribution in [0.4, 0.5) is 11.6 Å². The molecule has 0 atom stereocenters. The smallest absolute Gasteiger partial charge is 0.325 e. The van der Waals surface area contributed by atoms with Gasteiger partial charge in [-0.1, -0.05) is 13.3 Å². The summed E-state index contributed by atoms with van der Waals surface area (Å²) in [6.45, 7) is 2.06. The van der Waals surface area contributed by atoms with E-state index in [9.17, 15) is 13.2 Å². The number of aliphatic carboxylic acids is 1. The number of carbonyl (C=O) groups is 1. The van der Waals surface area contributed by atoms with Crippen molar-refractivity contribution in [3.05, 3.63) is 0 Å². The van der Waals surface area contributed by atoms with Crippen molar-refractivity contribution in [1.29, 1.82) is 0 Å². The summed E-state index contributed by atoms with van der Waals surface area (Å²) < 4.78 is 24.3. The minimum absolute atomic E-state index is 0.106. The van der Waals surface area contributed by atoms with Gasteiger partial charge in [-0.25, -0.2) is 13.1 Å². The van der Waals surface area contributed by atoms with Crippen LogP contribution >= 0.6 is 0 Å². The van der Waals surface area contributed by atoms with Gasteiger partial charge in [0.1, 0.15) is 12.4 Å². The maximum atomic E-state index is 11.7. The Labute approximate surface area is 111 Å². The zero-order chi connectivity index (χ0) is 14.6. The lowest BCUT2D eigenvalue weighted by molar-refractivity contribution is -0.137. The third-order valence-electron chi connectivity index (χ3n) is 2.43. The van der Waals surface area contributed by atoms with Crippen LogP contribution in [0.25, 0.3) is 0 Å². The van der Waals surface area contributed by atoms with Crippen molar-refractivity contribution in [2.75, 3.05) is 23.9 Å². The topological polar surface area (TPSA) is 127 Å². The molecule has 8 nitrogen and oxygen atoms in total. The van der Waals surface area contributed by atoms with Crippen molar-refractivity contribution in [3.63, 3.8) is 0 Å². The van der Waals surface area contributed by atoms with Crippen LogP contribution < -0.4 is 11.1 Å². The molecule has 0 unspecified atom stereocenters. The number of aromatic nitrogens is 2. The molecule has 1 aromatic rings. The van der Waals surface area contributed by atoms with Crippen LogP contribution in [0.1, 0.15) is 19.8 Å². The number of nitrogens with two attached hydrogens (primary N) is 1. The maximum absolute atomic E-state index is 11.7. The molecular weight excluding hydrogens is 272 g/mol. The zero-order valence-corrected chi connectivity index (χ0v) is 11.7. The lowest BCUT2D eigenvalue weighted by atomic mass is 10.3. The zero-order valence-electron chi connectivity index (χ0n) is 10.9. The van der Waals surface area contributed by atoms with E-state index in [0.717, 1.165) is 23.8 Å². The molecule has 0 saturated carbocycles. The molecule has 0 fully saturated rings. The monoisotopic (exact) mass is 290 g/mol. The first-order valence-electron chi connectivity index (χ1n) is 5.79. The highest BCUT2D eigenvalue weighted by atomic mass is 32.2. The van der Waals surface area contributed by atoms with Crippen LogP contribution in [0.5, 0.6) is 0 Å². The highest BCUT2D eigenvalue weighted by Crippen LogP contribution is 2.27. The van der Waals surface area contributed by atoms with Crippen LogP contribution in [0, 0.1) is 0 Å². The third-order valence-corrected chi connectivity index (χ3v) is 3.57. The van der Waals surface area contributed by atoms with Crippen molar-refractivity contribution in [3.8, 4) is 0 Å². The Hall–Kier alpha value is -1.77. The number of nitrogens with one attached hydrogen (secondary N) is 1. The minimum atomic E-state index is -3.58. The second-order valence-corrected chi connectivity index (χ2v) is 6.12.